The lowest BCUT2D eigenvalue weighted by Crippen LogP contribution is -2.43. The van der Waals surface area contributed by atoms with Gasteiger partial charge in [-0.3, -0.25) is 9.59 Å². The van der Waals surface area contributed by atoms with Crippen LogP contribution in [0.2, 0.25) is 0 Å². The molecule has 0 aliphatic carbocycles. The zero-order valence-electron chi connectivity index (χ0n) is 6.90. The number of amides is 1. The highest BCUT2D eigenvalue weighted by Gasteiger charge is 2.10. The van der Waals surface area contributed by atoms with E-state index in [-0.39, 0.29) is 25.4 Å². The van der Waals surface area contributed by atoms with Crippen molar-refractivity contribution in [1.82, 2.24) is 5.32 Å². The van der Waals surface area contributed by atoms with E-state index >= 15 is 0 Å². The van der Waals surface area contributed by atoms with Crippen LogP contribution in [0.4, 0.5) is 0 Å². The van der Waals surface area contributed by atoms with E-state index in [1.54, 1.807) is 0 Å². The lowest BCUT2D eigenvalue weighted by Gasteiger charge is -2.07. The summed E-state index contributed by atoms with van der Waals surface area (Å²) in [5.74, 6) is -1.54. The third-order valence-corrected chi connectivity index (χ3v) is 1.17. The van der Waals surface area contributed by atoms with E-state index in [1.165, 1.54) is 0 Å². The van der Waals surface area contributed by atoms with Gasteiger partial charge in [-0.1, -0.05) is 0 Å². The third-order valence-electron chi connectivity index (χ3n) is 1.17. The van der Waals surface area contributed by atoms with Crippen molar-refractivity contribution >= 4 is 24.3 Å². The molecule has 0 aliphatic rings. The standard InChI is InChI=1S/C6H12N2O4.ClH/c7-4(3-9)6(12)8-2-1-5(10)11;/h4,9H,1-3,7H2,(H,8,12)(H,10,11);1H/t4-;/m0./s1. The van der Waals surface area contributed by atoms with Gasteiger partial charge in [0.05, 0.1) is 13.0 Å². The number of carboxylic acid groups (broad SMARTS) is 1. The summed E-state index contributed by atoms with van der Waals surface area (Å²) in [7, 11) is 0. The van der Waals surface area contributed by atoms with E-state index < -0.39 is 24.5 Å². The molecule has 1 atom stereocenters. The molecule has 0 rings (SSSR count). The van der Waals surface area contributed by atoms with Crippen LogP contribution in [-0.2, 0) is 9.59 Å². The maximum Gasteiger partial charge on any atom is 0.305 e. The summed E-state index contributed by atoms with van der Waals surface area (Å²) in [6.45, 7) is -0.416. The van der Waals surface area contributed by atoms with Crippen LogP contribution in [-0.4, -0.2) is 41.3 Å². The van der Waals surface area contributed by atoms with Gasteiger partial charge in [0.1, 0.15) is 6.04 Å². The average molecular weight is 213 g/mol. The molecule has 0 spiro atoms. The first kappa shape index (κ1) is 14.7. The zero-order valence-corrected chi connectivity index (χ0v) is 7.71. The largest absolute Gasteiger partial charge is 0.481 e. The summed E-state index contributed by atoms with van der Waals surface area (Å²) in [4.78, 5) is 20.8. The normalized spacial score (nSPS) is 11.2. The topological polar surface area (TPSA) is 113 Å². The number of hydrogen-bond acceptors (Lipinski definition) is 4. The van der Waals surface area contributed by atoms with Gasteiger partial charge in [-0.15, -0.1) is 12.4 Å². The number of carbonyl (C=O) groups excluding carboxylic acids is 1. The van der Waals surface area contributed by atoms with E-state index in [0.717, 1.165) is 0 Å². The van der Waals surface area contributed by atoms with Gasteiger partial charge in [0.25, 0.3) is 0 Å². The van der Waals surface area contributed by atoms with Crippen LogP contribution < -0.4 is 11.1 Å². The van der Waals surface area contributed by atoms with E-state index in [2.05, 4.69) is 5.32 Å². The van der Waals surface area contributed by atoms with Gasteiger partial charge in [-0.05, 0) is 0 Å². The Morgan fingerprint density at radius 1 is 1.46 bits per heavy atom. The zero-order chi connectivity index (χ0) is 9.56. The molecule has 1 amide bonds. The molecule has 0 fully saturated rings. The van der Waals surface area contributed by atoms with E-state index in [0.29, 0.717) is 0 Å². The molecule has 0 aromatic carbocycles. The lowest BCUT2D eigenvalue weighted by atomic mass is 10.3. The highest BCUT2D eigenvalue weighted by Crippen LogP contribution is 1.79. The molecule has 5 N–H and O–H groups in total. The molecule has 0 heterocycles. The fourth-order valence-electron chi connectivity index (χ4n) is 0.507. The summed E-state index contributed by atoms with van der Waals surface area (Å²) in [6.07, 6.45) is -0.149. The summed E-state index contributed by atoms with van der Waals surface area (Å²) in [5.41, 5.74) is 5.12. The van der Waals surface area contributed by atoms with Crippen molar-refractivity contribution in [2.75, 3.05) is 13.2 Å². The predicted molar refractivity (Wildman–Crippen MR) is 47.6 cm³/mol. The molecule has 0 unspecified atom stereocenters. The Morgan fingerprint density at radius 2 is 2.00 bits per heavy atom. The van der Waals surface area contributed by atoms with Crippen molar-refractivity contribution in [2.45, 2.75) is 12.5 Å². The second-order valence-electron chi connectivity index (χ2n) is 2.22. The maximum absolute atomic E-state index is 10.8. The molecule has 7 heteroatoms. The Morgan fingerprint density at radius 3 is 2.38 bits per heavy atom. The second kappa shape index (κ2) is 7.78. The molecule has 6 nitrogen and oxygen atoms in total. The van der Waals surface area contributed by atoms with Crippen molar-refractivity contribution < 1.29 is 19.8 Å². The fourth-order valence-corrected chi connectivity index (χ4v) is 0.507. The quantitative estimate of drug-likeness (QED) is 0.435. The number of aliphatic hydroxyl groups excluding tert-OH is 1. The van der Waals surface area contributed by atoms with Crippen LogP contribution in [0.15, 0.2) is 0 Å². The smallest absolute Gasteiger partial charge is 0.305 e. The first-order valence-corrected chi connectivity index (χ1v) is 3.44. The Labute approximate surface area is 81.5 Å². The number of nitrogens with one attached hydrogen (secondary N) is 1. The predicted octanol–water partition coefficient (Wildman–Crippen LogP) is -1.68. The maximum atomic E-state index is 10.8. The number of aliphatic carboxylic acids is 1. The molecule has 0 saturated heterocycles. The number of hydrogen-bond donors (Lipinski definition) is 4. The number of halogens is 1. The van der Waals surface area contributed by atoms with Crippen molar-refractivity contribution in [1.29, 1.82) is 0 Å². The van der Waals surface area contributed by atoms with Gasteiger partial charge in [-0.2, -0.15) is 0 Å². The molecule has 0 saturated carbocycles. The van der Waals surface area contributed by atoms with E-state index in [9.17, 15) is 9.59 Å². The van der Waals surface area contributed by atoms with Crippen LogP contribution in [0.25, 0.3) is 0 Å². The first-order valence-electron chi connectivity index (χ1n) is 3.44. The fraction of sp³-hybridized carbons (Fsp3) is 0.667. The Hall–Kier alpha value is -0.850. The van der Waals surface area contributed by atoms with Crippen LogP contribution in [0.1, 0.15) is 6.42 Å². The van der Waals surface area contributed by atoms with Crippen molar-refractivity contribution in [3.05, 3.63) is 0 Å². The van der Waals surface area contributed by atoms with Gasteiger partial charge in [0.15, 0.2) is 0 Å². The Kier molecular flexibility index (Phi) is 8.78. The number of carboxylic acids is 1. The third kappa shape index (κ3) is 7.51. The lowest BCUT2D eigenvalue weighted by molar-refractivity contribution is -0.136. The molecule has 0 aromatic rings. The molecular weight excluding hydrogens is 200 g/mol. The highest BCUT2D eigenvalue weighted by molar-refractivity contribution is 5.85. The number of aliphatic hydroxyl groups is 1. The Bertz CT molecular complexity index is 176. The summed E-state index contributed by atoms with van der Waals surface area (Å²) in [5, 5.41) is 18.9. The van der Waals surface area contributed by atoms with E-state index in [4.69, 9.17) is 15.9 Å². The Balaban J connectivity index is 0. The van der Waals surface area contributed by atoms with Crippen molar-refractivity contribution in [3.8, 4) is 0 Å². The number of carbonyl (C=O) groups is 2. The van der Waals surface area contributed by atoms with Gasteiger partial charge in [0.2, 0.25) is 5.91 Å². The second-order valence-corrected chi connectivity index (χ2v) is 2.22. The van der Waals surface area contributed by atoms with Crippen LogP contribution in [0.3, 0.4) is 0 Å². The molecule has 0 radical (unpaired) electrons. The summed E-state index contributed by atoms with van der Waals surface area (Å²) in [6, 6.07) is -0.973. The van der Waals surface area contributed by atoms with Crippen molar-refractivity contribution in [2.24, 2.45) is 5.73 Å². The summed E-state index contributed by atoms with van der Waals surface area (Å²) < 4.78 is 0. The van der Waals surface area contributed by atoms with Crippen LogP contribution in [0.5, 0.6) is 0 Å². The molecule has 0 aliphatic heterocycles. The number of rotatable bonds is 5. The first-order chi connectivity index (χ1) is 5.57. The minimum atomic E-state index is -0.993. The molecule has 78 valence electrons. The van der Waals surface area contributed by atoms with Crippen molar-refractivity contribution in [3.63, 3.8) is 0 Å². The van der Waals surface area contributed by atoms with E-state index in [1.807, 2.05) is 0 Å². The van der Waals surface area contributed by atoms with Gasteiger partial charge < -0.3 is 21.3 Å². The minimum absolute atomic E-state index is 0. The van der Waals surface area contributed by atoms with Gasteiger partial charge in [0, 0.05) is 6.54 Å². The van der Waals surface area contributed by atoms with Crippen LogP contribution >= 0.6 is 12.4 Å². The SMILES string of the molecule is Cl.N[C@@H](CO)C(=O)NCCC(=O)O. The summed E-state index contributed by atoms with van der Waals surface area (Å²) >= 11 is 0. The molecular formula is C6H13ClN2O4. The van der Waals surface area contributed by atoms with Gasteiger partial charge >= 0.3 is 5.97 Å². The molecule has 0 bridgehead atoms. The van der Waals surface area contributed by atoms with Crippen LogP contribution in [0, 0.1) is 0 Å². The highest BCUT2D eigenvalue weighted by atomic mass is 35.5. The molecule has 13 heavy (non-hydrogen) atoms. The monoisotopic (exact) mass is 212 g/mol. The number of nitrogens with two attached hydrogens (primary N) is 1. The van der Waals surface area contributed by atoms with Gasteiger partial charge in [-0.25, -0.2) is 0 Å². The molecule has 0 aromatic heterocycles. The average Bonchev–Trinajstić information content (AvgIpc) is 2.02. The minimum Gasteiger partial charge on any atom is -0.481 e.